The van der Waals surface area contributed by atoms with Gasteiger partial charge in [-0.05, 0) is 25.7 Å². The van der Waals surface area contributed by atoms with Crippen LogP contribution in [-0.2, 0) is 95.3 Å². The number of nitrogens with one attached hydrogen (secondary N) is 9. The van der Waals surface area contributed by atoms with E-state index in [1.807, 2.05) is 0 Å². The van der Waals surface area contributed by atoms with Crippen LogP contribution in [-0.4, -0.2) is 324 Å². The summed E-state index contributed by atoms with van der Waals surface area (Å²) in [6.45, 7) is 2.15. The molecule has 0 spiro atoms. The average molecular weight is 1360 g/mol. The lowest BCUT2D eigenvalue weighted by molar-refractivity contribution is -0.272. The molecule has 37 heteroatoms. The molecule has 3 heterocycles. The summed E-state index contributed by atoms with van der Waals surface area (Å²) < 4.78 is 61.0. The van der Waals surface area contributed by atoms with Gasteiger partial charge < -0.3 is 141 Å². The predicted molar refractivity (Wildman–Crippen MR) is 318 cm³/mol. The van der Waals surface area contributed by atoms with Crippen molar-refractivity contribution in [3.05, 3.63) is 0 Å². The van der Waals surface area contributed by atoms with Crippen molar-refractivity contribution in [2.75, 3.05) is 132 Å². The minimum Gasteiger partial charge on any atom is -0.394 e. The Kier molecular flexibility index (Phi) is 37.5. The van der Waals surface area contributed by atoms with Crippen LogP contribution in [0.3, 0.4) is 0 Å². The summed E-state index contributed by atoms with van der Waals surface area (Å²) in [5, 5.41) is 105. The molecule has 1 saturated carbocycles. The smallest absolute Gasteiger partial charge is 0.242 e. The normalized spacial score (nSPS) is 27.7. The molecule has 3 saturated heterocycles. The van der Waals surface area contributed by atoms with Gasteiger partial charge in [-0.3, -0.25) is 43.2 Å². The molecule has 0 aromatic carbocycles. The van der Waals surface area contributed by atoms with Crippen LogP contribution in [0.1, 0.15) is 72.1 Å². The van der Waals surface area contributed by atoms with Crippen molar-refractivity contribution in [3.8, 4) is 0 Å². The van der Waals surface area contributed by atoms with Crippen molar-refractivity contribution in [3.63, 3.8) is 0 Å². The maximum Gasteiger partial charge on any atom is 0.242 e. The Morgan fingerprint density at radius 3 is 1.29 bits per heavy atom. The van der Waals surface area contributed by atoms with E-state index in [1.54, 1.807) is 0 Å². The van der Waals surface area contributed by atoms with E-state index in [-0.39, 0.29) is 143 Å². The van der Waals surface area contributed by atoms with Gasteiger partial charge in [-0.25, -0.2) is 0 Å². The van der Waals surface area contributed by atoms with Crippen LogP contribution in [0, 0.1) is 5.92 Å². The maximum atomic E-state index is 13.7. The standard InChI is InChI=1S/C57H99N9O28/c1-32(70)62-45-50(80)48(78)39(30-68)92-54(45)89-25-22-86-17-13-59-42(74)10-8-36(52(82)60-14-18-87-23-26-90-55-46(63-33(2)71)51(81)49(79)40(31-69)93-55)65-44(76)11-9-37(64-43(75)7-5-6-41(73)58-12-16-85-21-20-84-4)53(83)61-15-19-88-24-27-91-56-57(66-34(3)72)28-35(57)47(77)38(29-67)94-56/h35-40,45-51,54-56,67-69,77-81H,5-31H2,1-4H3,(H,58,73)(H,59,74)(H,60,82)(H,61,83)(H,62,70)(H,63,71)(H,64,75)(H,65,76)(H,66,72). The van der Waals surface area contributed by atoms with Crippen molar-refractivity contribution in [1.29, 1.82) is 0 Å². The van der Waals surface area contributed by atoms with E-state index in [0.29, 0.717) is 19.6 Å². The lowest BCUT2D eigenvalue weighted by atomic mass is 9.97. The molecular weight excluding hydrogens is 1260 g/mol. The summed E-state index contributed by atoms with van der Waals surface area (Å²) in [4.78, 5) is 115. The van der Waals surface area contributed by atoms with Gasteiger partial charge in [0, 0.05) is 85.7 Å². The Bertz CT molecular complexity index is 2340. The number of ether oxygens (including phenoxy) is 11. The molecule has 0 radical (unpaired) electrons. The second-order valence-corrected chi connectivity index (χ2v) is 22.6. The lowest BCUT2D eigenvalue weighted by Crippen LogP contribution is -2.64. The van der Waals surface area contributed by atoms with Gasteiger partial charge in [0.15, 0.2) is 18.9 Å². The van der Waals surface area contributed by atoms with Crippen LogP contribution < -0.4 is 47.9 Å². The minimum atomic E-state index is -1.54. The molecule has 4 aliphatic rings. The molecular formula is C57H99N9O28. The zero-order chi connectivity index (χ0) is 69.2. The summed E-state index contributed by atoms with van der Waals surface area (Å²) in [7, 11) is 1.53. The first-order valence-corrected chi connectivity index (χ1v) is 31.3. The van der Waals surface area contributed by atoms with E-state index in [0.717, 1.165) is 0 Å². The van der Waals surface area contributed by atoms with Crippen LogP contribution in [0.15, 0.2) is 0 Å². The molecule has 0 aromatic heterocycles. The fourth-order valence-electron chi connectivity index (χ4n) is 10.4. The second kappa shape index (κ2) is 43.6. The van der Waals surface area contributed by atoms with Crippen LogP contribution in [0.5, 0.6) is 0 Å². The molecule has 9 amide bonds. The van der Waals surface area contributed by atoms with E-state index < -0.39 is 171 Å². The predicted octanol–water partition coefficient (Wildman–Crippen LogP) is -9.23. The molecule has 0 aromatic rings. The first-order chi connectivity index (χ1) is 45.0. The SMILES string of the molecule is COCCOCCNC(=O)CCCC(=O)NC(CCC(=O)NC(CCC(=O)NCCOCCOC1OC(CO)C(O)C(O)C1NC(C)=O)C(=O)NCCOCCOC1OC(CO)C(O)C(O)C1NC(C)=O)C(=O)NCCOCCOC1OC(CO)C(O)C2CC12NC(C)=O. The van der Waals surface area contributed by atoms with Crippen molar-refractivity contribution >= 4 is 53.2 Å². The monoisotopic (exact) mass is 1360 g/mol. The summed E-state index contributed by atoms with van der Waals surface area (Å²) in [5.41, 5.74) is -0.977. The Hall–Kier alpha value is -5.53. The number of aliphatic hydroxyl groups is 8. The average Bonchev–Trinajstić information content (AvgIpc) is 1.55. The Balaban J connectivity index is 1.33. The number of carbonyl (C=O) groups excluding carboxylic acids is 9. The van der Waals surface area contributed by atoms with E-state index in [2.05, 4.69) is 47.9 Å². The zero-order valence-electron chi connectivity index (χ0n) is 53.6. The number of carbonyl (C=O) groups is 9. The number of rotatable bonds is 47. The van der Waals surface area contributed by atoms with Crippen molar-refractivity contribution in [2.45, 2.75) is 170 Å². The van der Waals surface area contributed by atoms with Crippen LogP contribution in [0.25, 0.3) is 0 Å². The number of methoxy groups -OCH3 is 1. The number of aliphatic hydroxyl groups excluding tert-OH is 8. The molecule has 17 atom stereocenters. The molecule has 4 rings (SSSR count). The first kappa shape index (κ1) is 80.9. The molecule has 37 nitrogen and oxygen atoms in total. The highest BCUT2D eigenvalue weighted by atomic mass is 16.7. The third-order valence-electron chi connectivity index (χ3n) is 15.3. The largest absolute Gasteiger partial charge is 0.394 e. The Morgan fingerprint density at radius 2 is 0.851 bits per heavy atom. The lowest BCUT2D eigenvalue weighted by Gasteiger charge is -2.42. The number of hydrogen-bond donors (Lipinski definition) is 17. The van der Waals surface area contributed by atoms with Gasteiger partial charge in [-0.15, -0.1) is 0 Å². The van der Waals surface area contributed by atoms with E-state index >= 15 is 0 Å². The highest BCUT2D eigenvalue weighted by Gasteiger charge is 2.69. The van der Waals surface area contributed by atoms with Gasteiger partial charge in [0.05, 0.1) is 111 Å². The molecule has 4 fully saturated rings. The molecule has 94 heavy (non-hydrogen) atoms. The molecule has 1 aliphatic carbocycles. The number of hydrogen-bond acceptors (Lipinski definition) is 28. The summed E-state index contributed by atoms with van der Waals surface area (Å²) in [6, 6.07) is -5.03. The van der Waals surface area contributed by atoms with Gasteiger partial charge >= 0.3 is 0 Å². The molecule has 0 bridgehead atoms. The maximum absolute atomic E-state index is 13.7. The van der Waals surface area contributed by atoms with Crippen molar-refractivity contribution in [1.82, 2.24) is 47.9 Å². The van der Waals surface area contributed by atoms with Gasteiger partial charge in [-0.2, -0.15) is 0 Å². The zero-order valence-corrected chi connectivity index (χ0v) is 53.6. The van der Waals surface area contributed by atoms with Crippen LogP contribution in [0.4, 0.5) is 0 Å². The summed E-state index contributed by atoms with van der Waals surface area (Å²) >= 11 is 0. The minimum absolute atomic E-state index is 0.0118. The fraction of sp³-hybridized carbons (Fsp3) is 0.842. The topological polar surface area (TPSA) is 525 Å². The second-order valence-electron chi connectivity index (χ2n) is 22.6. The van der Waals surface area contributed by atoms with Gasteiger partial charge in [0.25, 0.3) is 0 Å². The van der Waals surface area contributed by atoms with Gasteiger partial charge in [-0.1, -0.05) is 0 Å². The van der Waals surface area contributed by atoms with Crippen LogP contribution >= 0.6 is 0 Å². The summed E-state index contributed by atoms with van der Waals surface area (Å²) in [6.07, 6.45) is -15.0. The summed E-state index contributed by atoms with van der Waals surface area (Å²) in [5.74, 6) is -5.57. The van der Waals surface area contributed by atoms with Crippen molar-refractivity contribution in [2.24, 2.45) is 5.92 Å². The number of amides is 9. The molecule has 17 N–H and O–H groups in total. The van der Waals surface area contributed by atoms with E-state index in [4.69, 9.17) is 52.1 Å². The van der Waals surface area contributed by atoms with Crippen LogP contribution in [0.2, 0.25) is 0 Å². The molecule has 17 unspecified atom stereocenters. The fourth-order valence-corrected chi connectivity index (χ4v) is 10.4. The van der Waals surface area contributed by atoms with Gasteiger partial charge in [0.2, 0.25) is 53.2 Å². The third-order valence-corrected chi connectivity index (χ3v) is 15.3. The third kappa shape index (κ3) is 27.9. The highest BCUT2D eigenvalue weighted by molar-refractivity contribution is 5.90. The number of fused-ring (bicyclic) bond motifs is 1. The Labute approximate surface area is 543 Å². The highest BCUT2D eigenvalue weighted by Crippen LogP contribution is 2.54. The Morgan fingerprint density at radius 1 is 0.457 bits per heavy atom. The first-order valence-electron chi connectivity index (χ1n) is 31.3. The van der Waals surface area contributed by atoms with Gasteiger partial charge in [0.1, 0.15) is 66.9 Å². The van der Waals surface area contributed by atoms with E-state index in [9.17, 15) is 84.0 Å². The molecule has 540 valence electrons. The molecule has 3 aliphatic heterocycles. The van der Waals surface area contributed by atoms with E-state index in [1.165, 1.54) is 27.9 Å². The quantitative estimate of drug-likeness (QED) is 0.0252. The van der Waals surface area contributed by atoms with Crippen molar-refractivity contribution < 1.29 is 136 Å².